The molecular formula is C9H12N4O2S2. The van der Waals surface area contributed by atoms with Gasteiger partial charge in [-0.1, -0.05) is 0 Å². The summed E-state index contributed by atoms with van der Waals surface area (Å²) in [7, 11) is -3.58. The molecule has 0 saturated carbocycles. The number of aromatic amines is 1. The highest BCUT2D eigenvalue weighted by molar-refractivity contribution is 7.93. The Morgan fingerprint density at radius 2 is 2.35 bits per heavy atom. The summed E-state index contributed by atoms with van der Waals surface area (Å²) in [5, 5.41) is 0.359. The molecule has 0 aromatic carbocycles. The number of hydrogen-bond donors (Lipinski definition) is 3. The zero-order valence-electron chi connectivity index (χ0n) is 9.10. The summed E-state index contributed by atoms with van der Waals surface area (Å²) in [6.45, 7) is 2.13. The van der Waals surface area contributed by atoms with Crippen molar-refractivity contribution in [3.63, 3.8) is 0 Å². The van der Waals surface area contributed by atoms with E-state index in [9.17, 15) is 8.42 Å². The number of aryl methyl sites for hydroxylation is 1. The summed E-state index contributed by atoms with van der Waals surface area (Å²) in [6, 6.07) is 1.50. The van der Waals surface area contributed by atoms with Crippen LogP contribution >= 0.6 is 11.3 Å². The van der Waals surface area contributed by atoms with Crippen molar-refractivity contribution in [1.29, 1.82) is 0 Å². The second-order valence-electron chi connectivity index (χ2n) is 3.45. The van der Waals surface area contributed by atoms with Gasteiger partial charge in [-0.3, -0.25) is 4.72 Å². The molecule has 2 aromatic rings. The molecule has 4 N–H and O–H groups in total. The second-order valence-corrected chi connectivity index (χ2v) is 6.36. The van der Waals surface area contributed by atoms with E-state index in [1.807, 2.05) is 6.92 Å². The van der Waals surface area contributed by atoms with Crippen LogP contribution in [0.5, 0.6) is 0 Å². The number of nitrogens with two attached hydrogens (primary N) is 1. The Kier molecular flexibility index (Phi) is 3.18. The molecule has 0 spiro atoms. The van der Waals surface area contributed by atoms with Crippen LogP contribution in [0.2, 0.25) is 0 Å². The fourth-order valence-electron chi connectivity index (χ4n) is 1.27. The fraction of sp³-hybridized carbons (Fsp3) is 0.222. The SMILES string of the molecule is Cc1cnc(NS(=O)(=O)c2c[nH]c(CN)c2)s1. The van der Waals surface area contributed by atoms with Gasteiger partial charge in [-0.15, -0.1) is 11.3 Å². The van der Waals surface area contributed by atoms with E-state index in [2.05, 4.69) is 14.7 Å². The van der Waals surface area contributed by atoms with Crippen LogP contribution in [0.25, 0.3) is 0 Å². The predicted molar refractivity (Wildman–Crippen MR) is 66.3 cm³/mol. The van der Waals surface area contributed by atoms with Gasteiger partial charge in [0.15, 0.2) is 5.13 Å². The van der Waals surface area contributed by atoms with E-state index in [0.29, 0.717) is 10.8 Å². The van der Waals surface area contributed by atoms with Crippen molar-refractivity contribution in [2.24, 2.45) is 5.73 Å². The highest BCUT2D eigenvalue weighted by Crippen LogP contribution is 2.21. The topological polar surface area (TPSA) is 101 Å². The number of anilines is 1. The summed E-state index contributed by atoms with van der Waals surface area (Å²) in [5.41, 5.74) is 6.07. The molecule has 0 aliphatic rings. The molecule has 0 radical (unpaired) electrons. The highest BCUT2D eigenvalue weighted by Gasteiger charge is 2.17. The van der Waals surface area contributed by atoms with E-state index < -0.39 is 10.0 Å². The van der Waals surface area contributed by atoms with Gasteiger partial charge < -0.3 is 10.7 Å². The van der Waals surface area contributed by atoms with Crippen LogP contribution in [0.1, 0.15) is 10.6 Å². The Morgan fingerprint density at radius 1 is 1.59 bits per heavy atom. The van der Waals surface area contributed by atoms with E-state index in [0.717, 1.165) is 4.88 Å². The summed E-state index contributed by atoms with van der Waals surface area (Å²) >= 11 is 1.29. The first-order valence-electron chi connectivity index (χ1n) is 4.84. The minimum atomic E-state index is -3.58. The standard InChI is InChI=1S/C9H12N4O2S2/c1-6-4-12-9(16-6)13-17(14,15)8-2-7(3-10)11-5-8/h2,4-5,11H,3,10H2,1H3,(H,12,13). The Bertz CT molecular complexity index is 614. The Balaban J connectivity index is 2.24. The van der Waals surface area contributed by atoms with Gasteiger partial charge in [-0.25, -0.2) is 13.4 Å². The van der Waals surface area contributed by atoms with Crippen molar-refractivity contribution in [2.75, 3.05) is 4.72 Å². The maximum absolute atomic E-state index is 11.9. The first kappa shape index (κ1) is 12.1. The average molecular weight is 272 g/mol. The minimum absolute atomic E-state index is 0.158. The van der Waals surface area contributed by atoms with Gasteiger partial charge in [0.05, 0.1) is 0 Å². The van der Waals surface area contributed by atoms with Gasteiger partial charge in [0.2, 0.25) is 0 Å². The molecule has 2 heterocycles. The van der Waals surface area contributed by atoms with E-state index in [1.165, 1.54) is 23.6 Å². The van der Waals surface area contributed by atoms with Crippen molar-refractivity contribution in [1.82, 2.24) is 9.97 Å². The van der Waals surface area contributed by atoms with Crippen LogP contribution in [-0.2, 0) is 16.6 Å². The zero-order chi connectivity index (χ0) is 12.5. The van der Waals surface area contributed by atoms with Crippen molar-refractivity contribution in [3.05, 3.63) is 29.0 Å². The Hall–Kier alpha value is -1.38. The van der Waals surface area contributed by atoms with Crippen molar-refractivity contribution in [2.45, 2.75) is 18.4 Å². The lowest BCUT2D eigenvalue weighted by Crippen LogP contribution is -2.11. The number of sulfonamides is 1. The molecule has 17 heavy (non-hydrogen) atoms. The van der Waals surface area contributed by atoms with E-state index in [-0.39, 0.29) is 11.4 Å². The van der Waals surface area contributed by atoms with Crippen LogP contribution in [0.15, 0.2) is 23.4 Å². The maximum atomic E-state index is 11.9. The third kappa shape index (κ3) is 2.65. The minimum Gasteiger partial charge on any atom is -0.363 e. The maximum Gasteiger partial charge on any atom is 0.265 e. The summed E-state index contributed by atoms with van der Waals surface area (Å²) < 4.78 is 26.3. The predicted octanol–water partition coefficient (Wildman–Crippen LogP) is 1.04. The van der Waals surface area contributed by atoms with Crippen LogP contribution in [0.4, 0.5) is 5.13 Å². The summed E-state index contributed by atoms with van der Waals surface area (Å²) in [4.78, 5) is 7.84. The molecule has 0 unspecified atom stereocenters. The van der Waals surface area contributed by atoms with Gasteiger partial charge in [0, 0.05) is 29.5 Å². The monoisotopic (exact) mass is 272 g/mol. The largest absolute Gasteiger partial charge is 0.363 e. The molecular weight excluding hydrogens is 260 g/mol. The first-order valence-corrected chi connectivity index (χ1v) is 7.14. The van der Waals surface area contributed by atoms with Crippen LogP contribution in [0.3, 0.4) is 0 Å². The lowest BCUT2D eigenvalue weighted by molar-refractivity contribution is 0.601. The molecule has 2 aromatic heterocycles. The van der Waals surface area contributed by atoms with Gasteiger partial charge in [-0.05, 0) is 13.0 Å². The van der Waals surface area contributed by atoms with Gasteiger partial charge >= 0.3 is 0 Å². The van der Waals surface area contributed by atoms with Crippen LogP contribution in [0, 0.1) is 6.92 Å². The molecule has 0 aliphatic carbocycles. The molecule has 0 bridgehead atoms. The lowest BCUT2D eigenvalue weighted by atomic mass is 10.4. The van der Waals surface area contributed by atoms with Gasteiger partial charge in [0.25, 0.3) is 10.0 Å². The molecule has 92 valence electrons. The number of nitrogens with zero attached hydrogens (tertiary/aromatic N) is 1. The second kappa shape index (κ2) is 4.47. The third-order valence-corrected chi connectivity index (χ3v) is 4.37. The molecule has 0 aliphatic heterocycles. The molecule has 2 rings (SSSR count). The number of rotatable bonds is 4. The van der Waals surface area contributed by atoms with Gasteiger partial charge in [-0.2, -0.15) is 0 Å². The van der Waals surface area contributed by atoms with Crippen molar-refractivity contribution in [3.8, 4) is 0 Å². The Morgan fingerprint density at radius 3 is 2.88 bits per heavy atom. The van der Waals surface area contributed by atoms with Crippen LogP contribution in [-0.4, -0.2) is 18.4 Å². The molecule has 0 saturated heterocycles. The van der Waals surface area contributed by atoms with E-state index >= 15 is 0 Å². The van der Waals surface area contributed by atoms with Crippen molar-refractivity contribution >= 4 is 26.5 Å². The number of H-pyrrole nitrogens is 1. The number of thiazole rings is 1. The van der Waals surface area contributed by atoms with E-state index in [4.69, 9.17) is 5.73 Å². The Labute approximate surface area is 103 Å². The number of nitrogens with one attached hydrogen (secondary N) is 2. The molecule has 0 atom stereocenters. The number of aromatic nitrogens is 2. The number of hydrogen-bond acceptors (Lipinski definition) is 5. The summed E-state index contributed by atoms with van der Waals surface area (Å²) in [5.74, 6) is 0. The highest BCUT2D eigenvalue weighted by atomic mass is 32.2. The molecule has 0 amide bonds. The molecule has 0 fully saturated rings. The first-order chi connectivity index (χ1) is 8.01. The van der Waals surface area contributed by atoms with Gasteiger partial charge in [0.1, 0.15) is 4.90 Å². The zero-order valence-corrected chi connectivity index (χ0v) is 10.7. The quantitative estimate of drug-likeness (QED) is 0.774. The molecule has 8 heteroatoms. The fourth-order valence-corrected chi connectivity index (χ4v) is 3.19. The smallest absolute Gasteiger partial charge is 0.265 e. The van der Waals surface area contributed by atoms with Crippen LogP contribution < -0.4 is 10.5 Å². The van der Waals surface area contributed by atoms with E-state index in [1.54, 1.807) is 6.20 Å². The lowest BCUT2D eigenvalue weighted by Gasteiger charge is -2.01. The summed E-state index contributed by atoms with van der Waals surface area (Å²) in [6.07, 6.45) is 3.02. The average Bonchev–Trinajstić information content (AvgIpc) is 2.86. The van der Waals surface area contributed by atoms with Crippen molar-refractivity contribution < 1.29 is 8.42 Å². The normalized spacial score (nSPS) is 11.6. The molecule has 6 nitrogen and oxygen atoms in total. The third-order valence-electron chi connectivity index (χ3n) is 2.09.